The van der Waals surface area contributed by atoms with Crippen molar-refractivity contribution < 1.29 is 4.79 Å². The van der Waals surface area contributed by atoms with Crippen LogP contribution in [-0.4, -0.2) is 26.9 Å². The highest BCUT2D eigenvalue weighted by atomic mass is 32.1. The maximum Gasteiger partial charge on any atom is 0.254 e. The van der Waals surface area contributed by atoms with Gasteiger partial charge in [-0.2, -0.15) is 0 Å². The van der Waals surface area contributed by atoms with E-state index in [1.165, 1.54) is 0 Å². The Morgan fingerprint density at radius 1 is 1.37 bits per heavy atom. The van der Waals surface area contributed by atoms with Crippen LogP contribution in [0.5, 0.6) is 0 Å². The summed E-state index contributed by atoms with van der Waals surface area (Å²) in [6.07, 6.45) is 3.74. The van der Waals surface area contributed by atoms with Crippen LogP contribution in [0.2, 0.25) is 0 Å². The zero-order chi connectivity index (χ0) is 13.4. The molecule has 1 aromatic heterocycles. The molecular weight excluding hydrogens is 258 g/mol. The van der Waals surface area contributed by atoms with Crippen molar-refractivity contribution in [2.75, 3.05) is 6.54 Å². The zero-order valence-electron chi connectivity index (χ0n) is 10.7. The van der Waals surface area contributed by atoms with Crippen LogP contribution in [0.4, 0.5) is 0 Å². The number of rotatable bonds is 1. The molecule has 1 aliphatic rings. The second kappa shape index (κ2) is 4.74. The molecule has 2 heterocycles. The van der Waals surface area contributed by atoms with Crippen LogP contribution in [0.3, 0.4) is 0 Å². The first-order chi connectivity index (χ1) is 9.15. The van der Waals surface area contributed by atoms with Gasteiger partial charge in [0.2, 0.25) is 0 Å². The number of carbonyl (C=O) groups is 1. The molecule has 4 nitrogen and oxygen atoms in total. The molecule has 19 heavy (non-hydrogen) atoms. The second-order valence-corrected chi connectivity index (χ2v) is 5.28. The van der Waals surface area contributed by atoms with E-state index >= 15 is 0 Å². The Hall–Kier alpha value is -1.75. The molecule has 0 atom stereocenters. The first-order valence-corrected chi connectivity index (χ1v) is 6.69. The van der Waals surface area contributed by atoms with E-state index in [4.69, 9.17) is 0 Å². The third kappa shape index (κ3) is 2.26. The van der Waals surface area contributed by atoms with Crippen LogP contribution in [0.25, 0.3) is 0 Å². The van der Waals surface area contributed by atoms with Gasteiger partial charge in [0.15, 0.2) is 0 Å². The number of carbonyl (C=O) groups excluding carboxylic acids is 1. The van der Waals surface area contributed by atoms with E-state index in [1.807, 2.05) is 36.2 Å². The molecule has 3 rings (SSSR count). The number of thiol groups is 1. The smallest absolute Gasteiger partial charge is 0.254 e. The van der Waals surface area contributed by atoms with Crippen molar-refractivity contribution in [3.05, 3.63) is 47.5 Å². The summed E-state index contributed by atoms with van der Waals surface area (Å²) in [5.41, 5.74) is 1.71. The molecule has 0 N–H and O–H groups in total. The van der Waals surface area contributed by atoms with Crippen molar-refractivity contribution in [3.8, 4) is 0 Å². The highest BCUT2D eigenvalue weighted by Crippen LogP contribution is 2.19. The molecule has 0 aliphatic carbocycles. The van der Waals surface area contributed by atoms with Gasteiger partial charge in [-0.25, -0.2) is 4.98 Å². The quantitative estimate of drug-likeness (QED) is 0.808. The number of fused-ring (bicyclic) bond motifs is 1. The van der Waals surface area contributed by atoms with Crippen LogP contribution in [0.15, 0.2) is 35.5 Å². The minimum absolute atomic E-state index is 0.0580. The molecule has 0 unspecified atom stereocenters. The predicted molar refractivity (Wildman–Crippen MR) is 75.4 cm³/mol. The number of aryl methyl sites for hydroxylation is 1. The van der Waals surface area contributed by atoms with Gasteiger partial charge in [-0.3, -0.25) is 4.79 Å². The summed E-state index contributed by atoms with van der Waals surface area (Å²) < 4.78 is 2.09. The lowest BCUT2D eigenvalue weighted by atomic mass is 10.1. The molecule has 0 radical (unpaired) electrons. The molecule has 98 valence electrons. The van der Waals surface area contributed by atoms with Crippen molar-refractivity contribution in [2.45, 2.75) is 24.9 Å². The van der Waals surface area contributed by atoms with Crippen molar-refractivity contribution in [2.24, 2.45) is 0 Å². The van der Waals surface area contributed by atoms with E-state index in [0.717, 1.165) is 34.9 Å². The van der Waals surface area contributed by atoms with E-state index in [2.05, 4.69) is 22.2 Å². The van der Waals surface area contributed by atoms with Crippen molar-refractivity contribution in [3.63, 3.8) is 0 Å². The van der Waals surface area contributed by atoms with Crippen molar-refractivity contribution in [1.29, 1.82) is 0 Å². The Kier molecular flexibility index (Phi) is 3.06. The summed E-state index contributed by atoms with van der Waals surface area (Å²) in [7, 11) is 0. The number of benzene rings is 1. The lowest BCUT2D eigenvalue weighted by Crippen LogP contribution is -2.38. The number of hydrogen-bond acceptors (Lipinski definition) is 3. The minimum atomic E-state index is 0.0580. The summed E-state index contributed by atoms with van der Waals surface area (Å²) >= 11 is 4.31. The fourth-order valence-electron chi connectivity index (χ4n) is 2.36. The molecule has 1 aliphatic heterocycles. The lowest BCUT2D eigenvalue weighted by molar-refractivity contribution is 0.0706. The summed E-state index contributed by atoms with van der Waals surface area (Å²) in [4.78, 5) is 19.5. The second-order valence-electron chi connectivity index (χ2n) is 4.76. The van der Waals surface area contributed by atoms with Crippen LogP contribution in [-0.2, 0) is 13.1 Å². The first kappa shape index (κ1) is 12.3. The van der Waals surface area contributed by atoms with Gasteiger partial charge in [0.05, 0.1) is 6.54 Å². The van der Waals surface area contributed by atoms with Crippen LogP contribution >= 0.6 is 12.6 Å². The van der Waals surface area contributed by atoms with Crippen LogP contribution < -0.4 is 0 Å². The van der Waals surface area contributed by atoms with Crippen LogP contribution in [0, 0.1) is 6.92 Å². The van der Waals surface area contributed by atoms with Gasteiger partial charge in [-0.05, 0) is 24.6 Å². The molecule has 0 saturated carbocycles. The van der Waals surface area contributed by atoms with E-state index in [9.17, 15) is 4.79 Å². The zero-order valence-corrected chi connectivity index (χ0v) is 11.6. The molecule has 1 amide bonds. The highest BCUT2D eigenvalue weighted by Gasteiger charge is 2.23. The minimum Gasteiger partial charge on any atom is -0.332 e. The number of imidazole rings is 1. The summed E-state index contributed by atoms with van der Waals surface area (Å²) in [6.45, 7) is 4.05. The Labute approximate surface area is 117 Å². The normalized spacial score (nSPS) is 14.3. The predicted octanol–water partition coefficient (Wildman–Crippen LogP) is 2.14. The van der Waals surface area contributed by atoms with Gasteiger partial charge in [-0.15, -0.1) is 12.6 Å². The van der Waals surface area contributed by atoms with Crippen molar-refractivity contribution in [1.82, 2.24) is 14.5 Å². The van der Waals surface area contributed by atoms with Gasteiger partial charge in [-0.1, -0.05) is 6.07 Å². The van der Waals surface area contributed by atoms with Gasteiger partial charge in [0.25, 0.3) is 5.91 Å². The van der Waals surface area contributed by atoms with Gasteiger partial charge >= 0.3 is 0 Å². The standard InChI is InChI=1S/C14H15N3OS/c1-10-2-3-11(19)8-12(10)14(18)17-7-6-16-5-4-15-13(16)9-17/h2-5,8,19H,6-7,9H2,1H3. The van der Waals surface area contributed by atoms with E-state index in [1.54, 1.807) is 6.20 Å². The average molecular weight is 273 g/mol. The molecule has 5 heteroatoms. The Balaban J connectivity index is 1.87. The third-order valence-corrected chi connectivity index (χ3v) is 3.76. The Morgan fingerprint density at radius 2 is 2.21 bits per heavy atom. The molecular formula is C14H15N3OS. The fourth-order valence-corrected chi connectivity index (χ4v) is 2.56. The monoisotopic (exact) mass is 273 g/mol. The van der Waals surface area contributed by atoms with Gasteiger partial charge in [0.1, 0.15) is 5.82 Å². The Morgan fingerprint density at radius 3 is 3.05 bits per heavy atom. The topological polar surface area (TPSA) is 38.1 Å². The van der Waals surface area contributed by atoms with Gasteiger partial charge < -0.3 is 9.47 Å². The highest BCUT2D eigenvalue weighted by molar-refractivity contribution is 7.80. The number of nitrogens with zero attached hydrogens (tertiary/aromatic N) is 3. The lowest BCUT2D eigenvalue weighted by Gasteiger charge is -2.28. The fraction of sp³-hybridized carbons (Fsp3) is 0.286. The Bertz CT molecular complexity index is 635. The van der Waals surface area contributed by atoms with E-state index < -0.39 is 0 Å². The van der Waals surface area contributed by atoms with Crippen molar-refractivity contribution >= 4 is 18.5 Å². The molecule has 0 fully saturated rings. The van der Waals surface area contributed by atoms with E-state index in [-0.39, 0.29) is 5.91 Å². The summed E-state index contributed by atoms with van der Waals surface area (Å²) in [5.74, 6) is 1.00. The molecule has 2 aromatic rings. The first-order valence-electron chi connectivity index (χ1n) is 6.24. The maximum absolute atomic E-state index is 12.6. The molecule has 0 spiro atoms. The SMILES string of the molecule is Cc1ccc(S)cc1C(=O)N1CCn2ccnc2C1. The van der Waals surface area contributed by atoms with Crippen LogP contribution in [0.1, 0.15) is 21.7 Å². The third-order valence-electron chi connectivity index (χ3n) is 3.48. The number of aromatic nitrogens is 2. The van der Waals surface area contributed by atoms with Gasteiger partial charge in [0, 0.05) is 35.9 Å². The van der Waals surface area contributed by atoms with E-state index in [0.29, 0.717) is 6.54 Å². The molecule has 0 bridgehead atoms. The molecule has 1 aromatic carbocycles. The average Bonchev–Trinajstić information content (AvgIpc) is 2.88. The number of hydrogen-bond donors (Lipinski definition) is 1. The summed E-state index contributed by atoms with van der Waals surface area (Å²) in [5, 5.41) is 0. The maximum atomic E-state index is 12.6. The largest absolute Gasteiger partial charge is 0.332 e. The summed E-state index contributed by atoms with van der Waals surface area (Å²) in [6, 6.07) is 5.67. The number of amides is 1. The molecule has 0 saturated heterocycles.